The molecule has 1 amide bonds. The summed E-state index contributed by atoms with van der Waals surface area (Å²) in [7, 11) is 0. The lowest BCUT2D eigenvalue weighted by atomic mass is 10.2. The summed E-state index contributed by atoms with van der Waals surface area (Å²) >= 11 is 1.28. The number of rotatable bonds is 4. The van der Waals surface area contributed by atoms with Crippen LogP contribution in [-0.2, 0) is 0 Å². The highest BCUT2D eigenvalue weighted by molar-refractivity contribution is 7.14. The number of nitrogens with zero attached hydrogens (tertiary/aromatic N) is 6. The Bertz CT molecular complexity index is 1140. The highest BCUT2D eigenvalue weighted by atomic mass is 32.1. The standard InChI is InChI=1S/C18H11N7OS/c19-8-12-1-6-22-14(7-12)15-10-27-18(23-15)24-17(26)16-9-21-11-25(16)13-2-4-20-5-3-13/h1-7,9-11H,(H,23,24,26). The van der Waals surface area contributed by atoms with Gasteiger partial charge in [0.15, 0.2) is 5.13 Å². The van der Waals surface area contributed by atoms with E-state index in [1.165, 1.54) is 17.5 Å². The number of carbonyl (C=O) groups excluding carboxylic acids is 1. The largest absolute Gasteiger partial charge is 0.296 e. The van der Waals surface area contributed by atoms with Crippen molar-refractivity contribution in [2.75, 3.05) is 5.32 Å². The average molecular weight is 373 g/mol. The Labute approximate surface area is 157 Å². The maximum atomic E-state index is 12.6. The molecule has 4 aromatic rings. The molecule has 9 heteroatoms. The summed E-state index contributed by atoms with van der Waals surface area (Å²) in [6, 6.07) is 8.92. The average Bonchev–Trinajstić information content (AvgIpc) is 3.38. The van der Waals surface area contributed by atoms with E-state index < -0.39 is 0 Å². The third-order valence-corrected chi connectivity index (χ3v) is 4.45. The Morgan fingerprint density at radius 2 is 2.00 bits per heavy atom. The van der Waals surface area contributed by atoms with Gasteiger partial charge >= 0.3 is 0 Å². The minimum atomic E-state index is -0.330. The molecule has 4 heterocycles. The second-order valence-electron chi connectivity index (χ2n) is 5.39. The highest BCUT2D eigenvalue weighted by Crippen LogP contribution is 2.24. The van der Waals surface area contributed by atoms with Crippen molar-refractivity contribution in [2.45, 2.75) is 0 Å². The molecule has 0 radical (unpaired) electrons. The van der Waals surface area contributed by atoms with Gasteiger partial charge in [0.05, 0.1) is 35.5 Å². The Kier molecular flexibility index (Phi) is 4.38. The Morgan fingerprint density at radius 3 is 2.81 bits per heavy atom. The van der Waals surface area contributed by atoms with Gasteiger partial charge in [-0.05, 0) is 24.3 Å². The molecular weight excluding hydrogens is 362 g/mol. The monoisotopic (exact) mass is 373 g/mol. The number of aromatic nitrogens is 5. The van der Waals surface area contributed by atoms with Crippen LogP contribution in [0.4, 0.5) is 5.13 Å². The highest BCUT2D eigenvalue weighted by Gasteiger charge is 2.15. The maximum absolute atomic E-state index is 12.6. The van der Waals surface area contributed by atoms with Crippen LogP contribution in [0.15, 0.2) is 60.8 Å². The molecule has 27 heavy (non-hydrogen) atoms. The molecule has 0 aliphatic carbocycles. The van der Waals surface area contributed by atoms with Crippen molar-refractivity contribution in [1.29, 1.82) is 5.26 Å². The predicted molar refractivity (Wildman–Crippen MR) is 99.4 cm³/mol. The Hall–Kier alpha value is -3.90. The topological polar surface area (TPSA) is 109 Å². The number of anilines is 1. The van der Waals surface area contributed by atoms with Crippen molar-refractivity contribution < 1.29 is 4.79 Å². The summed E-state index contributed by atoms with van der Waals surface area (Å²) in [5.41, 5.74) is 2.83. The number of nitrogens with one attached hydrogen (secondary N) is 1. The van der Waals surface area contributed by atoms with Gasteiger partial charge < -0.3 is 0 Å². The van der Waals surface area contributed by atoms with Crippen LogP contribution in [-0.4, -0.2) is 30.4 Å². The molecule has 1 N–H and O–H groups in total. The van der Waals surface area contributed by atoms with E-state index in [0.717, 1.165) is 5.69 Å². The number of carbonyl (C=O) groups is 1. The van der Waals surface area contributed by atoms with Gasteiger partial charge in [0.2, 0.25) is 0 Å². The van der Waals surface area contributed by atoms with Crippen molar-refractivity contribution in [2.24, 2.45) is 0 Å². The third-order valence-electron chi connectivity index (χ3n) is 3.69. The van der Waals surface area contributed by atoms with Crippen LogP contribution in [0.2, 0.25) is 0 Å². The quantitative estimate of drug-likeness (QED) is 0.589. The third kappa shape index (κ3) is 3.42. The summed E-state index contributed by atoms with van der Waals surface area (Å²) in [6.07, 6.45) is 7.90. The zero-order valence-electron chi connectivity index (χ0n) is 13.8. The fourth-order valence-electron chi connectivity index (χ4n) is 2.42. The van der Waals surface area contributed by atoms with Crippen LogP contribution in [0, 0.1) is 11.3 Å². The zero-order valence-corrected chi connectivity index (χ0v) is 14.6. The van der Waals surface area contributed by atoms with Gasteiger partial charge in [-0.1, -0.05) is 0 Å². The molecule has 0 aliphatic rings. The molecular formula is C18H11N7OS. The van der Waals surface area contributed by atoms with Gasteiger partial charge in [-0.25, -0.2) is 9.97 Å². The van der Waals surface area contributed by atoms with Crippen LogP contribution in [0.1, 0.15) is 16.1 Å². The predicted octanol–water partition coefficient (Wildman–Crippen LogP) is 2.91. The van der Waals surface area contributed by atoms with Crippen LogP contribution >= 0.6 is 11.3 Å². The van der Waals surface area contributed by atoms with Gasteiger partial charge in [0, 0.05) is 24.0 Å². The fraction of sp³-hybridized carbons (Fsp3) is 0. The molecule has 0 atom stereocenters. The van der Waals surface area contributed by atoms with Crippen molar-refractivity contribution in [1.82, 2.24) is 24.5 Å². The van der Waals surface area contributed by atoms with Crippen LogP contribution in [0.5, 0.6) is 0 Å². The summed E-state index contributed by atoms with van der Waals surface area (Å²) in [6.45, 7) is 0. The van der Waals surface area contributed by atoms with E-state index in [-0.39, 0.29) is 5.91 Å². The molecule has 0 aliphatic heterocycles. The molecule has 0 unspecified atom stereocenters. The van der Waals surface area contributed by atoms with E-state index >= 15 is 0 Å². The van der Waals surface area contributed by atoms with Crippen molar-refractivity contribution >= 4 is 22.4 Å². The van der Waals surface area contributed by atoms with E-state index in [9.17, 15) is 4.79 Å². The second kappa shape index (κ2) is 7.15. The van der Waals surface area contributed by atoms with E-state index in [2.05, 4.69) is 31.3 Å². The smallest absolute Gasteiger partial charge is 0.276 e. The molecule has 0 saturated carbocycles. The number of thiazole rings is 1. The summed E-state index contributed by atoms with van der Waals surface area (Å²) in [5, 5.41) is 14.0. The number of pyridine rings is 2. The lowest BCUT2D eigenvalue weighted by molar-refractivity contribution is 0.102. The Balaban J connectivity index is 1.56. The van der Waals surface area contributed by atoms with Crippen LogP contribution in [0.25, 0.3) is 17.1 Å². The van der Waals surface area contributed by atoms with Crippen LogP contribution < -0.4 is 5.32 Å². The molecule has 8 nitrogen and oxygen atoms in total. The molecule has 0 bridgehead atoms. The first-order valence-corrected chi connectivity index (χ1v) is 8.69. The van der Waals surface area contributed by atoms with Gasteiger partial charge in [0.25, 0.3) is 5.91 Å². The normalized spacial score (nSPS) is 10.3. The molecule has 0 aromatic carbocycles. The van der Waals surface area contributed by atoms with Crippen molar-refractivity contribution in [3.8, 4) is 23.1 Å². The molecule has 4 aromatic heterocycles. The maximum Gasteiger partial charge on any atom is 0.276 e. The van der Waals surface area contributed by atoms with Crippen molar-refractivity contribution in [3.05, 3.63) is 72.0 Å². The van der Waals surface area contributed by atoms with Gasteiger partial charge in [-0.3, -0.25) is 24.6 Å². The number of nitriles is 1. The second-order valence-corrected chi connectivity index (χ2v) is 6.25. The molecule has 0 fully saturated rings. The van der Waals surface area contributed by atoms with E-state index in [1.54, 1.807) is 59.1 Å². The lowest BCUT2D eigenvalue weighted by Gasteiger charge is -2.07. The van der Waals surface area contributed by atoms with Gasteiger partial charge in [-0.2, -0.15) is 5.26 Å². The summed E-state index contributed by atoms with van der Waals surface area (Å²) in [5.74, 6) is -0.330. The van der Waals surface area contributed by atoms with Gasteiger partial charge in [0.1, 0.15) is 11.4 Å². The van der Waals surface area contributed by atoms with E-state index in [4.69, 9.17) is 5.26 Å². The number of imidazole rings is 1. The SMILES string of the molecule is N#Cc1ccnc(-c2csc(NC(=O)c3cncn3-c3ccncc3)n2)c1. The lowest BCUT2D eigenvalue weighted by Crippen LogP contribution is -2.16. The number of hydrogen-bond donors (Lipinski definition) is 1. The fourth-order valence-corrected chi connectivity index (χ4v) is 3.12. The minimum absolute atomic E-state index is 0.330. The molecule has 130 valence electrons. The van der Waals surface area contributed by atoms with Crippen LogP contribution in [0.3, 0.4) is 0 Å². The molecule has 4 rings (SSSR count). The molecule has 0 saturated heterocycles. The first kappa shape index (κ1) is 16.6. The van der Waals surface area contributed by atoms with Gasteiger partial charge in [-0.15, -0.1) is 11.3 Å². The summed E-state index contributed by atoms with van der Waals surface area (Å²) in [4.78, 5) is 29.3. The molecule has 0 spiro atoms. The number of amides is 1. The number of hydrogen-bond acceptors (Lipinski definition) is 7. The zero-order chi connectivity index (χ0) is 18.6. The van der Waals surface area contributed by atoms with E-state index in [1.807, 2.05) is 0 Å². The minimum Gasteiger partial charge on any atom is -0.296 e. The summed E-state index contributed by atoms with van der Waals surface area (Å²) < 4.78 is 1.67. The first-order chi connectivity index (χ1) is 13.2. The van der Waals surface area contributed by atoms with E-state index in [0.29, 0.717) is 27.8 Å². The Morgan fingerprint density at radius 1 is 1.15 bits per heavy atom. The van der Waals surface area contributed by atoms with Crippen molar-refractivity contribution in [3.63, 3.8) is 0 Å². The first-order valence-electron chi connectivity index (χ1n) is 7.81.